The highest BCUT2D eigenvalue weighted by molar-refractivity contribution is 5.95. The van der Waals surface area contributed by atoms with Crippen molar-refractivity contribution < 1.29 is 5.11 Å². The summed E-state index contributed by atoms with van der Waals surface area (Å²) < 4.78 is 0. The van der Waals surface area contributed by atoms with E-state index in [1.807, 2.05) is 24.3 Å². The Morgan fingerprint density at radius 2 is 2.23 bits per heavy atom. The number of aryl methyl sites for hydroxylation is 1. The molecule has 1 rings (SSSR count). The molecule has 0 aliphatic rings. The summed E-state index contributed by atoms with van der Waals surface area (Å²) in [6.45, 7) is 0.199. The van der Waals surface area contributed by atoms with Crippen molar-refractivity contribution in [2.45, 2.75) is 12.8 Å². The van der Waals surface area contributed by atoms with E-state index in [1.54, 1.807) is 0 Å². The number of aliphatic hydroxyl groups is 1. The predicted octanol–water partition coefficient (Wildman–Crippen LogP) is 0.896. The summed E-state index contributed by atoms with van der Waals surface area (Å²) in [4.78, 5) is 0. The Balaban J connectivity index is 2.73. The highest BCUT2D eigenvalue weighted by atomic mass is 16.2. The standard InChI is InChI=1S/C10H14N2O/c11-10(12)9-5-1-3-8(7-9)4-2-6-13/h1,3,5,7,13H,2,4,6H2,(H3,11,12). The van der Waals surface area contributed by atoms with Crippen molar-refractivity contribution in [3.63, 3.8) is 0 Å². The highest BCUT2D eigenvalue weighted by Gasteiger charge is 1.97. The van der Waals surface area contributed by atoms with Crippen molar-refractivity contribution >= 4 is 5.84 Å². The lowest BCUT2D eigenvalue weighted by Crippen LogP contribution is -2.11. The molecule has 0 spiro atoms. The Hall–Kier alpha value is -1.35. The average molecular weight is 178 g/mol. The quantitative estimate of drug-likeness (QED) is 0.473. The molecule has 0 saturated heterocycles. The van der Waals surface area contributed by atoms with Crippen LogP contribution in [0.5, 0.6) is 0 Å². The third-order valence-electron chi connectivity index (χ3n) is 1.86. The molecule has 0 saturated carbocycles. The highest BCUT2D eigenvalue weighted by Crippen LogP contribution is 2.06. The van der Waals surface area contributed by atoms with E-state index in [2.05, 4.69) is 0 Å². The maximum atomic E-state index is 8.64. The van der Waals surface area contributed by atoms with Crippen LogP contribution in [0, 0.1) is 5.41 Å². The lowest BCUT2D eigenvalue weighted by atomic mass is 10.1. The Kier molecular flexibility index (Phi) is 3.46. The molecular formula is C10H14N2O. The molecule has 0 amide bonds. The first kappa shape index (κ1) is 9.74. The molecule has 0 aromatic heterocycles. The van der Waals surface area contributed by atoms with Gasteiger partial charge in [0.05, 0.1) is 0 Å². The Morgan fingerprint density at radius 1 is 1.46 bits per heavy atom. The molecule has 0 bridgehead atoms. The number of hydrogen-bond donors (Lipinski definition) is 3. The summed E-state index contributed by atoms with van der Waals surface area (Å²) in [6, 6.07) is 7.55. The molecule has 4 N–H and O–H groups in total. The van der Waals surface area contributed by atoms with E-state index in [0.29, 0.717) is 0 Å². The molecular weight excluding hydrogens is 164 g/mol. The van der Waals surface area contributed by atoms with Gasteiger partial charge in [-0.1, -0.05) is 18.2 Å². The van der Waals surface area contributed by atoms with Gasteiger partial charge in [-0.2, -0.15) is 0 Å². The largest absolute Gasteiger partial charge is 0.396 e. The van der Waals surface area contributed by atoms with Crippen LogP contribution in [0.2, 0.25) is 0 Å². The summed E-state index contributed by atoms with van der Waals surface area (Å²) in [5.74, 6) is 0.0887. The minimum atomic E-state index is 0.0887. The molecule has 0 heterocycles. The van der Waals surface area contributed by atoms with Crippen molar-refractivity contribution in [2.75, 3.05) is 6.61 Å². The molecule has 0 unspecified atom stereocenters. The molecule has 3 nitrogen and oxygen atoms in total. The molecule has 1 aromatic carbocycles. The van der Waals surface area contributed by atoms with Gasteiger partial charge in [0, 0.05) is 12.2 Å². The number of nitrogens with two attached hydrogens (primary N) is 1. The van der Waals surface area contributed by atoms with E-state index in [9.17, 15) is 0 Å². The third kappa shape index (κ3) is 2.87. The maximum absolute atomic E-state index is 8.64. The monoisotopic (exact) mass is 178 g/mol. The van der Waals surface area contributed by atoms with E-state index in [1.165, 1.54) is 0 Å². The van der Waals surface area contributed by atoms with Crippen LogP contribution in [0.1, 0.15) is 17.5 Å². The van der Waals surface area contributed by atoms with Gasteiger partial charge in [-0.15, -0.1) is 0 Å². The number of nitrogen functional groups attached to an aromatic ring is 1. The Bertz CT molecular complexity index is 297. The second kappa shape index (κ2) is 4.62. The summed E-state index contributed by atoms with van der Waals surface area (Å²) >= 11 is 0. The number of hydrogen-bond acceptors (Lipinski definition) is 2. The van der Waals surface area contributed by atoms with Gasteiger partial charge in [-0.05, 0) is 24.5 Å². The fraction of sp³-hybridized carbons (Fsp3) is 0.300. The first-order chi connectivity index (χ1) is 6.24. The summed E-state index contributed by atoms with van der Waals surface area (Å²) in [6.07, 6.45) is 1.58. The topological polar surface area (TPSA) is 70.1 Å². The van der Waals surface area contributed by atoms with Crippen LogP contribution < -0.4 is 5.73 Å². The minimum absolute atomic E-state index is 0.0887. The van der Waals surface area contributed by atoms with E-state index in [0.717, 1.165) is 24.0 Å². The van der Waals surface area contributed by atoms with Crippen LogP contribution in [0.4, 0.5) is 0 Å². The van der Waals surface area contributed by atoms with E-state index in [-0.39, 0.29) is 12.4 Å². The van der Waals surface area contributed by atoms with Gasteiger partial charge in [-0.25, -0.2) is 0 Å². The van der Waals surface area contributed by atoms with Gasteiger partial charge in [-0.3, -0.25) is 5.41 Å². The number of amidine groups is 1. The minimum Gasteiger partial charge on any atom is -0.396 e. The van der Waals surface area contributed by atoms with Gasteiger partial charge in [0.25, 0.3) is 0 Å². The summed E-state index contributed by atoms with van der Waals surface area (Å²) in [5, 5.41) is 15.9. The maximum Gasteiger partial charge on any atom is 0.122 e. The first-order valence-corrected chi connectivity index (χ1v) is 4.28. The number of nitrogens with one attached hydrogen (secondary N) is 1. The average Bonchev–Trinajstić information content (AvgIpc) is 2.15. The third-order valence-corrected chi connectivity index (χ3v) is 1.86. The van der Waals surface area contributed by atoms with Gasteiger partial charge in [0.1, 0.15) is 5.84 Å². The zero-order valence-corrected chi connectivity index (χ0v) is 7.46. The van der Waals surface area contributed by atoms with Gasteiger partial charge < -0.3 is 10.8 Å². The van der Waals surface area contributed by atoms with Gasteiger partial charge >= 0.3 is 0 Å². The molecule has 1 aromatic rings. The van der Waals surface area contributed by atoms with Crippen molar-refractivity contribution in [1.82, 2.24) is 0 Å². The van der Waals surface area contributed by atoms with E-state index in [4.69, 9.17) is 16.2 Å². The number of benzene rings is 1. The molecule has 0 aliphatic heterocycles. The molecule has 70 valence electrons. The van der Waals surface area contributed by atoms with Crippen molar-refractivity contribution in [2.24, 2.45) is 5.73 Å². The van der Waals surface area contributed by atoms with Crippen LogP contribution in [-0.4, -0.2) is 17.5 Å². The number of aliphatic hydroxyl groups excluding tert-OH is 1. The van der Waals surface area contributed by atoms with Crippen molar-refractivity contribution in [1.29, 1.82) is 5.41 Å². The van der Waals surface area contributed by atoms with Crippen LogP contribution in [0.3, 0.4) is 0 Å². The zero-order chi connectivity index (χ0) is 9.68. The molecule has 0 aliphatic carbocycles. The number of rotatable bonds is 4. The predicted molar refractivity (Wildman–Crippen MR) is 52.9 cm³/mol. The normalized spacial score (nSPS) is 9.92. The van der Waals surface area contributed by atoms with Crippen molar-refractivity contribution in [3.8, 4) is 0 Å². The molecule has 3 heteroatoms. The molecule has 13 heavy (non-hydrogen) atoms. The van der Waals surface area contributed by atoms with Gasteiger partial charge in [0.2, 0.25) is 0 Å². The van der Waals surface area contributed by atoms with Crippen LogP contribution in [0.25, 0.3) is 0 Å². The van der Waals surface area contributed by atoms with Gasteiger partial charge in [0.15, 0.2) is 0 Å². The lowest BCUT2D eigenvalue weighted by molar-refractivity contribution is 0.288. The molecule has 0 atom stereocenters. The van der Waals surface area contributed by atoms with Crippen LogP contribution in [0.15, 0.2) is 24.3 Å². The zero-order valence-electron chi connectivity index (χ0n) is 7.46. The molecule has 0 fully saturated rings. The second-order valence-corrected chi connectivity index (χ2v) is 2.94. The first-order valence-electron chi connectivity index (χ1n) is 4.28. The van der Waals surface area contributed by atoms with Crippen molar-refractivity contribution in [3.05, 3.63) is 35.4 Å². The fourth-order valence-corrected chi connectivity index (χ4v) is 1.18. The summed E-state index contributed by atoms with van der Waals surface area (Å²) in [5.41, 5.74) is 7.20. The fourth-order valence-electron chi connectivity index (χ4n) is 1.18. The molecule has 0 radical (unpaired) electrons. The second-order valence-electron chi connectivity index (χ2n) is 2.94. The Morgan fingerprint density at radius 3 is 2.85 bits per heavy atom. The summed E-state index contributed by atoms with van der Waals surface area (Å²) in [7, 11) is 0. The van der Waals surface area contributed by atoms with E-state index >= 15 is 0 Å². The van der Waals surface area contributed by atoms with Crippen LogP contribution >= 0.6 is 0 Å². The SMILES string of the molecule is N=C(N)c1cccc(CCCO)c1. The van der Waals surface area contributed by atoms with Crippen LogP contribution in [-0.2, 0) is 6.42 Å². The smallest absolute Gasteiger partial charge is 0.122 e. The lowest BCUT2D eigenvalue weighted by Gasteiger charge is -2.02. The Labute approximate surface area is 77.7 Å². The van der Waals surface area contributed by atoms with E-state index < -0.39 is 0 Å².